The largest absolute Gasteiger partial charge is 0.494 e. The summed E-state index contributed by atoms with van der Waals surface area (Å²) in [5, 5.41) is 0. The molecule has 0 heterocycles. The third kappa shape index (κ3) is 4.84. The number of carbonyl (C=O) groups excluding carboxylic acids is 2. The molecule has 5 heteroatoms. The molecule has 0 N–H and O–H groups in total. The minimum Gasteiger partial charge on any atom is -0.494 e. The Labute approximate surface area is 141 Å². The number of rotatable bonds is 6. The van der Waals surface area contributed by atoms with Gasteiger partial charge in [0, 0.05) is 0 Å². The van der Waals surface area contributed by atoms with Crippen molar-refractivity contribution in [3.05, 3.63) is 59.7 Å². The molecule has 0 fully saturated rings. The predicted molar refractivity (Wildman–Crippen MR) is 89.6 cm³/mol. The molecular formula is C19H20O5. The lowest BCUT2D eigenvalue weighted by molar-refractivity contribution is 0.0378. The maximum atomic E-state index is 12.1. The van der Waals surface area contributed by atoms with Gasteiger partial charge in [-0.2, -0.15) is 0 Å². The van der Waals surface area contributed by atoms with Gasteiger partial charge in [-0.15, -0.1) is 0 Å². The summed E-state index contributed by atoms with van der Waals surface area (Å²) >= 11 is 0. The van der Waals surface area contributed by atoms with E-state index in [2.05, 4.69) is 0 Å². The maximum Gasteiger partial charge on any atom is 0.343 e. The monoisotopic (exact) mass is 328 g/mol. The van der Waals surface area contributed by atoms with Crippen molar-refractivity contribution in [2.75, 3.05) is 6.61 Å². The first kappa shape index (κ1) is 17.5. The lowest BCUT2D eigenvalue weighted by Crippen LogP contribution is -2.12. The van der Waals surface area contributed by atoms with Gasteiger partial charge < -0.3 is 14.2 Å². The zero-order chi connectivity index (χ0) is 17.5. The van der Waals surface area contributed by atoms with Crippen molar-refractivity contribution in [1.82, 2.24) is 0 Å². The second kappa shape index (κ2) is 8.15. The Balaban J connectivity index is 2.00. The zero-order valence-electron chi connectivity index (χ0n) is 13.9. The summed E-state index contributed by atoms with van der Waals surface area (Å²) in [6, 6.07) is 12.9. The van der Waals surface area contributed by atoms with Crippen LogP contribution in [-0.2, 0) is 4.74 Å². The molecule has 0 saturated carbocycles. The van der Waals surface area contributed by atoms with Crippen LogP contribution in [0.15, 0.2) is 48.5 Å². The van der Waals surface area contributed by atoms with Gasteiger partial charge in [-0.1, -0.05) is 0 Å². The molecular weight excluding hydrogens is 308 g/mol. The van der Waals surface area contributed by atoms with Gasteiger partial charge in [-0.3, -0.25) is 0 Å². The lowest BCUT2D eigenvalue weighted by Gasteiger charge is -2.09. The van der Waals surface area contributed by atoms with E-state index in [-0.39, 0.29) is 6.10 Å². The Morgan fingerprint density at radius 2 is 1.33 bits per heavy atom. The highest BCUT2D eigenvalue weighted by molar-refractivity contribution is 5.92. The smallest absolute Gasteiger partial charge is 0.343 e. The number of esters is 2. The van der Waals surface area contributed by atoms with Crippen LogP contribution in [0, 0.1) is 0 Å². The second-order valence-corrected chi connectivity index (χ2v) is 5.33. The molecule has 2 rings (SSSR count). The first-order chi connectivity index (χ1) is 11.5. The zero-order valence-corrected chi connectivity index (χ0v) is 13.9. The molecule has 0 spiro atoms. The van der Waals surface area contributed by atoms with Gasteiger partial charge in [-0.25, -0.2) is 9.59 Å². The summed E-state index contributed by atoms with van der Waals surface area (Å²) < 4.78 is 15.7. The molecule has 24 heavy (non-hydrogen) atoms. The van der Waals surface area contributed by atoms with E-state index < -0.39 is 11.9 Å². The standard InChI is InChI=1S/C19H20O5/c1-4-22-16-9-5-15(6-10-16)19(21)24-17-11-7-14(8-12-17)18(20)23-13(2)3/h5-13H,4H2,1-3H3. The maximum absolute atomic E-state index is 12.1. The number of hydrogen-bond acceptors (Lipinski definition) is 5. The molecule has 5 nitrogen and oxygen atoms in total. The molecule has 0 aromatic heterocycles. The molecule has 2 aromatic rings. The predicted octanol–water partition coefficient (Wildman–Crippen LogP) is 3.87. The average molecular weight is 328 g/mol. The van der Waals surface area contributed by atoms with Crippen molar-refractivity contribution < 1.29 is 23.8 Å². The second-order valence-electron chi connectivity index (χ2n) is 5.33. The van der Waals surface area contributed by atoms with Gasteiger partial charge in [0.15, 0.2) is 0 Å². The summed E-state index contributed by atoms with van der Waals surface area (Å²) in [4.78, 5) is 23.8. The van der Waals surface area contributed by atoms with Crippen LogP contribution in [0.25, 0.3) is 0 Å². The van der Waals surface area contributed by atoms with Crippen molar-refractivity contribution in [3.63, 3.8) is 0 Å². The minimum absolute atomic E-state index is 0.185. The molecule has 0 radical (unpaired) electrons. The molecule has 0 bridgehead atoms. The molecule has 126 valence electrons. The fourth-order valence-corrected chi connectivity index (χ4v) is 1.96. The van der Waals surface area contributed by atoms with Crippen LogP contribution in [0.2, 0.25) is 0 Å². The Morgan fingerprint density at radius 1 is 0.833 bits per heavy atom. The third-order valence-corrected chi connectivity index (χ3v) is 3.04. The highest BCUT2D eigenvalue weighted by Crippen LogP contribution is 2.17. The van der Waals surface area contributed by atoms with E-state index in [0.717, 1.165) is 0 Å². The van der Waals surface area contributed by atoms with E-state index in [0.29, 0.717) is 29.2 Å². The van der Waals surface area contributed by atoms with Crippen LogP contribution in [0.5, 0.6) is 11.5 Å². The van der Waals surface area contributed by atoms with Gasteiger partial charge in [0.2, 0.25) is 0 Å². The van der Waals surface area contributed by atoms with Crippen LogP contribution in [0.1, 0.15) is 41.5 Å². The van der Waals surface area contributed by atoms with E-state index >= 15 is 0 Å². The van der Waals surface area contributed by atoms with Gasteiger partial charge in [0.1, 0.15) is 11.5 Å². The molecule has 0 amide bonds. The van der Waals surface area contributed by atoms with Crippen LogP contribution in [0.3, 0.4) is 0 Å². The van der Waals surface area contributed by atoms with E-state index in [1.165, 1.54) is 0 Å². The van der Waals surface area contributed by atoms with Crippen LogP contribution in [0.4, 0.5) is 0 Å². The summed E-state index contributed by atoms with van der Waals surface area (Å²) in [6.07, 6.45) is -0.185. The SMILES string of the molecule is CCOc1ccc(C(=O)Oc2ccc(C(=O)OC(C)C)cc2)cc1. The molecule has 0 saturated heterocycles. The highest BCUT2D eigenvalue weighted by Gasteiger charge is 2.11. The van der Waals surface area contributed by atoms with Gasteiger partial charge >= 0.3 is 11.9 Å². The van der Waals surface area contributed by atoms with Crippen molar-refractivity contribution in [2.45, 2.75) is 26.9 Å². The Morgan fingerprint density at radius 3 is 1.83 bits per heavy atom. The number of ether oxygens (including phenoxy) is 3. The van der Waals surface area contributed by atoms with Crippen molar-refractivity contribution in [2.24, 2.45) is 0 Å². The molecule has 0 unspecified atom stereocenters. The average Bonchev–Trinajstić information content (AvgIpc) is 2.56. The van der Waals surface area contributed by atoms with Crippen LogP contribution < -0.4 is 9.47 Å². The molecule has 2 aromatic carbocycles. The van der Waals surface area contributed by atoms with E-state index in [4.69, 9.17) is 14.2 Å². The third-order valence-electron chi connectivity index (χ3n) is 3.04. The first-order valence-corrected chi connectivity index (χ1v) is 7.75. The van der Waals surface area contributed by atoms with Gasteiger partial charge in [-0.05, 0) is 69.3 Å². The van der Waals surface area contributed by atoms with Crippen molar-refractivity contribution in [3.8, 4) is 11.5 Å². The van der Waals surface area contributed by atoms with Gasteiger partial charge in [0.05, 0.1) is 23.8 Å². The van der Waals surface area contributed by atoms with Crippen molar-refractivity contribution in [1.29, 1.82) is 0 Å². The fraction of sp³-hybridized carbons (Fsp3) is 0.263. The molecule has 0 aliphatic heterocycles. The summed E-state index contributed by atoms with van der Waals surface area (Å²) in [7, 11) is 0. The first-order valence-electron chi connectivity index (χ1n) is 7.75. The van der Waals surface area contributed by atoms with Crippen LogP contribution >= 0.6 is 0 Å². The summed E-state index contributed by atoms with van der Waals surface area (Å²) in [5.74, 6) is 0.169. The van der Waals surface area contributed by atoms with E-state index in [9.17, 15) is 9.59 Å². The minimum atomic E-state index is -0.476. The topological polar surface area (TPSA) is 61.8 Å². The molecule has 0 atom stereocenters. The molecule has 0 aliphatic carbocycles. The molecule has 0 aliphatic rings. The number of benzene rings is 2. The van der Waals surface area contributed by atoms with E-state index in [1.54, 1.807) is 62.4 Å². The lowest BCUT2D eigenvalue weighted by atomic mass is 10.2. The van der Waals surface area contributed by atoms with Gasteiger partial charge in [0.25, 0.3) is 0 Å². The summed E-state index contributed by atoms with van der Waals surface area (Å²) in [5.41, 5.74) is 0.825. The highest BCUT2D eigenvalue weighted by atomic mass is 16.5. The van der Waals surface area contributed by atoms with Crippen molar-refractivity contribution >= 4 is 11.9 Å². The number of hydrogen-bond donors (Lipinski definition) is 0. The number of carbonyl (C=O) groups is 2. The fourth-order valence-electron chi connectivity index (χ4n) is 1.96. The Hall–Kier alpha value is -2.82. The van der Waals surface area contributed by atoms with Crippen LogP contribution in [-0.4, -0.2) is 24.6 Å². The van der Waals surface area contributed by atoms with E-state index in [1.807, 2.05) is 6.92 Å². The summed E-state index contributed by atoms with van der Waals surface area (Å²) in [6.45, 7) is 6.02. The quantitative estimate of drug-likeness (QED) is 0.595. The Bertz CT molecular complexity index is 687. The normalized spacial score (nSPS) is 10.3. The Kier molecular flexibility index (Phi) is 5.95.